The lowest BCUT2D eigenvalue weighted by atomic mass is 9.98. The summed E-state index contributed by atoms with van der Waals surface area (Å²) in [5, 5.41) is 3.16. The maximum absolute atomic E-state index is 13.3. The number of nitrogens with one attached hydrogen (secondary N) is 1. The van der Waals surface area contributed by atoms with Crippen molar-refractivity contribution in [2.24, 2.45) is 0 Å². The maximum Gasteiger partial charge on any atom is 0.257 e. The quantitative estimate of drug-likeness (QED) is 0.809. The largest absolute Gasteiger partial charge is 0.349 e. The van der Waals surface area contributed by atoms with Crippen LogP contribution in [0.3, 0.4) is 0 Å². The Labute approximate surface area is 182 Å². The first-order valence-corrected chi connectivity index (χ1v) is 11.1. The van der Waals surface area contributed by atoms with Gasteiger partial charge in [-0.25, -0.2) is 0 Å². The van der Waals surface area contributed by atoms with Crippen LogP contribution in [0.5, 0.6) is 0 Å². The minimum absolute atomic E-state index is 0.0102. The van der Waals surface area contributed by atoms with Gasteiger partial charge in [-0.1, -0.05) is 36.4 Å². The number of carbonyl (C=O) groups is 3. The number of aryl methyl sites for hydroxylation is 1. The molecule has 2 aromatic rings. The zero-order chi connectivity index (χ0) is 21.6. The van der Waals surface area contributed by atoms with Gasteiger partial charge in [0.05, 0.1) is 17.3 Å². The van der Waals surface area contributed by atoms with Crippen molar-refractivity contribution in [3.8, 4) is 0 Å². The molecule has 0 bridgehead atoms. The lowest BCUT2D eigenvalue weighted by Gasteiger charge is -2.48. The molecular formula is C25H27N3O3. The topological polar surface area (TPSA) is 69.7 Å². The van der Waals surface area contributed by atoms with Gasteiger partial charge in [0.1, 0.15) is 5.66 Å². The van der Waals surface area contributed by atoms with Crippen LogP contribution in [-0.2, 0) is 16.0 Å². The Morgan fingerprint density at radius 2 is 1.87 bits per heavy atom. The van der Waals surface area contributed by atoms with Gasteiger partial charge in [0.25, 0.3) is 5.91 Å². The minimum atomic E-state index is -0.663. The summed E-state index contributed by atoms with van der Waals surface area (Å²) in [5.74, 6) is -0.00432. The fourth-order valence-electron chi connectivity index (χ4n) is 5.41. The fraction of sp³-hybridized carbons (Fsp3) is 0.400. The van der Waals surface area contributed by atoms with Gasteiger partial charge >= 0.3 is 0 Å². The van der Waals surface area contributed by atoms with E-state index < -0.39 is 5.66 Å². The Bertz CT molecular complexity index is 1070. The minimum Gasteiger partial charge on any atom is -0.349 e. The van der Waals surface area contributed by atoms with Crippen LogP contribution in [0.15, 0.2) is 48.5 Å². The second-order valence-electron chi connectivity index (χ2n) is 8.88. The number of hydrogen-bond acceptors (Lipinski definition) is 3. The molecule has 160 valence electrons. The van der Waals surface area contributed by atoms with E-state index in [0.717, 1.165) is 12.8 Å². The number of fused-ring (bicyclic) bond motifs is 4. The monoisotopic (exact) mass is 417 g/mol. The summed E-state index contributed by atoms with van der Waals surface area (Å²) in [6.07, 6.45) is 3.87. The summed E-state index contributed by atoms with van der Waals surface area (Å²) in [7, 11) is 0. The van der Waals surface area contributed by atoms with Gasteiger partial charge in [-0.05, 0) is 55.9 Å². The summed E-state index contributed by atoms with van der Waals surface area (Å²) in [4.78, 5) is 42.1. The van der Waals surface area contributed by atoms with E-state index in [-0.39, 0.29) is 23.8 Å². The van der Waals surface area contributed by atoms with Crippen LogP contribution in [0.1, 0.15) is 66.6 Å². The molecule has 1 N–H and O–H groups in total. The fourth-order valence-corrected chi connectivity index (χ4v) is 5.41. The first-order chi connectivity index (χ1) is 15.0. The molecule has 2 aromatic carbocycles. The normalized spacial score (nSPS) is 24.1. The molecule has 0 radical (unpaired) electrons. The summed E-state index contributed by atoms with van der Waals surface area (Å²) >= 11 is 0. The zero-order valence-corrected chi connectivity index (χ0v) is 17.8. The van der Waals surface area contributed by atoms with Crippen molar-refractivity contribution >= 4 is 23.4 Å². The van der Waals surface area contributed by atoms with E-state index in [1.165, 1.54) is 11.1 Å². The second-order valence-corrected chi connectivity index (χ2v) is 8.88. The van der Waals surface area contributed by atoms with Crippen LogP contribution in [0.2, 0.25) is 0 Å². The number of benzene rings is 2. The van der Waals surface area contributed by atoms with Crippen LogP contribution in [-0.4, -0.2) is 34.8 Å². The molecule has 1 aliphatic carbocycles. The first kappa shape index (κ1) is 19.8. The highest BCUT2D eigenvalue weighted by Gasteiger charge is 2.52. The molecule has 3 aliphatic rings. The van der Waals surface area contributed by atoms with E-state index in [1.807, 2.05) is 37.3 Å². The van der Waals surface area contributed by atoms with Gasteiger partial charge in [-0.15, -0.1) is 0 Å². The molecule has 2 heterocycles. The van der Waals surface area contributed by atoms with E-state index in [0.29, 0.717) is 43.5 Å². The second kappa shape index (κ2) is 7.52. The Kier molecular flexibility index (Phi) is 4.80. The Morgan fingerprint density at radius 3 is 2.74 bits per heavy atom. The van der Waals surface area contributed by atoms with Gasteiger partial charge in [-0.3, -0.25) is 19.3 Å². The maximum atomic E-state index is 13.3. The van der Waals surface area contributed by atoms with E-state index in [4.69, 9.17) is 0 Å². The number of hydrogen-bond donors (Lipinski definition) is 1. The smallest absolute Gasteiger partial charge is 0.257 e. The summed E-state index contributed by atoms with van der Waals surface area (Å²) in [5.41, 5.74) is 3.12. The molecule has 1 saturated heterocycles. The van der Waals surface area contributed by atoms with Gasteiger partial charge in [-0.2, -0.15) is 0 Å². The van der Waals surface area contributed by atoms with Crippen molar-refractivity contribution in [2.45, 2.75) is 57.2 Å². The number of anilines is 1. The van der Waals surface area contributed by atoms with Crippen molar-refractivity contribution in [1.82, 2.24) is 10.2 Å². The summed E-state index contributed by atoms with van der Waals surface area (Å²) in [6.45, 7) is 2.41. The predicted molar refractivity (Wildman–Crippen MR) is 117 cm³/mol. The molecule has 2 atom stereocenters. The molecule has 6 heteroatoms. The number of carbonyl (C=O) groups excluding carboxylic acids is 3. The molecule has 2 aliphatic heterocycles. The standard InChI is InChI=1S/C25H27N3O3/c1-25-15-14-23(30)28(25)21-10-5-4-9-19(21)24(31)27(25)16-6-11-22(29)26-20-13-12-17-7-2-3-8-18(17)20/h2-5,7-10,20H,6,11-16H2,1H3,(H,26,29)/t20-,25-/m1/s1. The molecular weight excluding hydrogens is 390 g/mol. The molecule has 31 heavy (non-hydrogen) atoms. The summed E-state index contributed by atoms with van der Waals surface area (Å²) in [6, 6.07) is 15.6. The van der Waals surface area contributed by atoms with Crippen LogP contribution in [0.4, 0.5) is 5.69 Å². The lowest BCUT2D eigenvalue weighted by Crippen LogP contribution is -2.62. The highest BCUT2D eigenvalue weighted by atomic mass is 16.2. The highest BCUT2D eigenvalue weighted by molar-refractivity contribution is 6.10. The molecule has 6 nitrogen and oxygen atoms in total. The van der Waals surface area contributed by atoms with Crippen molar-refractivity contribution < 1.29 is 14.4 Å². The van der Waals surface area contributed by atoms with Crippen LogP contribution < -0.4 is 10.2 Å². The van der Waals surface area contributed by atoms with E-state index in [2.05, 4.69) is 17.4 Å². The van der Waals surface area contributed by atoms with Gasteiger partial charge in [0, 0.05) is 19.4 Å². The molecule has 0 unspecified atom stereocenters. The third-order valence-electron chi connectivity index (χ3n) is 7.00. The first-order valence-electron chi connectivity index (χ1n) is 11.1. The van der Waals surface area contributed by atoms with Gasteiger partial charge < -0.3 is 10.2 Å². The average Bonchev–Trinajstić information content (AvgIpc) is 3.31. The van der Waals surface area contributed by atoms with Crippen molar-refractivity contribution in [3.05, 3.63) is 65.2 Å². The van der Waals surface area contributed by atoms with Crippen molar-refractivity contribution in [3.63, 3.8) is 0 Å². The Hall–Kier alpha value is -3.15. The third kappa shape index (κ3) is 3.21. The van der Waals surface area contributed by atoms with Crippen LogP contribution in [0, 0.1) is 0 Å². The molecule has 5 rings (SSSR count). The van der Waals surface area contributed by atoms with Crippen molar-refractivity contribution in [1.29, 1.82) is 0 Å². The van der Waals surface area contributed by atoms with Crippen LogP contribution in [0.25, 0.3) is 0 Å². The molecule has 3 amide bonds. The van der Waals surface area contributed by atoms with Gasteiger partial charge in [0.2, 0.25) is 11.8 Å². The van der Waals surface area contributed by atoms with E-state index in [9.17, 15) is 14.4 Å². The van der Waals surface area contributed by atoms with Crippen molar-refractivity contribution in [2.75, 3.05) is 11.4 Å². The molecule has 0 saturated carbocycles. The average molecular weight is 418 g/mol. The zero-order valence-electron chi connectivity index (χ0n) is 17.8. The highest BCUT2D eigenvalue weighted by Crippen LogP contribution is 2.44. The third-order valence-corrected chi connectivity index (χ3v) is 7.00. The Balaban J connectivity index is 1.26. The van der Waals surface area contributed by atoms with Gasteiger partial charge in [0.15, 0.2) is 0 Å². The molecule has 0 aromatic heterocycles. The van der Waals surface area contributed by atoms with E-state index >= 15 is 0 Å². The predicted octanol–water partition coefficient (Wildman–Crippen LogP) is 3.57. The number of amides is 3. The van der Waals surface area contributed by atoms with Crippen LogP contribution >= 0.6 is 0 Å². The SMILES string of the molecule is C[C@]12CCC(=O)N1c1ccccc1C(=O)N2CCCC(=O)N[C@@H]1CCc2ccccc21. The molecule has 0 spiro atoms. The number of rotatable bonds is 5. The number of para-hydroxylation sites is 1. The summed E-state index contributed by atoms with van der Waals surface area (Å²) < 4.78 is 0. The van der Waals surface area contributed by atoms with E-state index in [1.54, 1.807) is 15.9 Å². The number of nitrogens with zero attached hydrogens (tertiary/aromatic N) is 2. The molecule has 1 fully saturated rings. The Morgan fingerprint density at radius 1 is 1.10 bits per heavy atom. The lowest BCUT2D eigenvalue weighted by molar-refractivity contribution is -0.122.